The molecule has 1 aromatic carbocycles. The van der Waals surface area contributed by atoms with Crippen LogP contribution < -0.4 is 5.32 Å². The number of nitrogens with one attached hydrogen (secondary N) is 1. The maximum absolute atomic E-state index is 4.17. The van der Waals surface area contributed by atoms with Gasteiger partial charge in [0.05, 0.1) is 12.2 Å². The summed E-state index contributed by atoms with van der Waals surface area (Å²) in [6.45, 7) is 4.89. The molecule has 1 heterocycles. The second-order valence-electron chi connectivity index (χ2n) is 3.98. The number of aromatic nitrogens is 2. The van der Waals surface area contributed by atoms with Crippen molar-refractivity contribution in [2.24, 2.45) is 0 Å². The van der Waals surface area contributed by atoms with Gasteiger partial charge >= 0.3 is 0 Å². The van der Waals surface area contributed by atoms with Crippen LogP contribution in [0.15, 0.2) is 35.2 Å². The zero-order valence-electron chi connectivity index (χ0n) is 9.87. The highest BCUT2D eigenvalue weighted by molar-refractivity contribution is 9.10. The Hall–Kier alpha value is -1.42. The minimum atomic E-state index is 0.711. The summed E-state index contributed by atoms with van der Waals surface area (Å²) in [6, 6.07) is 6.15. The van der Waals surface area contributed by atoms with E-state index in [-0.39, 0.29) is 0 Å². The minimum absolute atomic E-state index is 0.711. The van der Waals surface area contributed by atoms with Crippen LogP contribution in [0.1, 0.15) is 16.8 Å². The molecule has 0 bridgehead atoms. The van der Waals surface area contributed by atoms with Crippen LogP contribution in [0.25, 0.3) is 0 Å². The average molecular weight is 292 g/mol. The van der Waals surface area contributed by atoms with E-state index >= 15 is 0 Å². The second kappa shape index (κ2) is 5.27. The summed E-state index contributed by atoms with van der Waals surface area (Å²) >= 11 is 3.56. The molecule has 2 aromatic rings. The molecule has 0 unspecified atom stereocenters. The van der Waals surface area contributed by atoms with Crippen molar-refractivity contribution in [3.05, 3.63) is 52.0 Å². The molecule has 17 heavy (non-hydrogen) atoms. The van der Waals surface area contributed by atoms with E-state index in [1.54, 1.807) is 12.5 Å². The summed E-state index contributed by atoms with van der Waals surface area (Å²) in [4.78, 5) is 8.07. The summed E-state index contributed by atoms with van der Waals surface area (Å²) < 4.78 is 1.17. The highest BCUT2D eigenvalue weighted by Crippen LogP contribution is 2.25. The van der Waals surface area contributed by atoms with Crippen LogP contribution in [0.5, 0.6) is 0 Å². The third-order valence-corrected chi connectivity index (χ3v) is 3.80. The zero-order valence-corrected chi connectivity index (χ0v) is 11.5. The normalized spacial score (nSPS) is 10.3. The molecule has 0 aliphatic heterocycles. The number of hydrogen-bond donors (Lipinski definition) is 1. The molecule has 88 valence electrons. The van der Waals surface area contributed by atoms with E-state index in [0.29, 0.717) is 6.54 Å². The number of rotatable bonds is 3. The van der Waals surface area contributed by atoms with Crippen molar-refractivity contribution in [1.29, 1.82) is 0 Å². The number of anilines is 1. The highest BCUT2D eigenvalue weighted by Gasteiger charge is 2.02. The molecular formula is C13H14BrN3. The largest absolute Gasteiger partial charge is 0.379 e. The van der Waals surface area contributed by atoms with Crippen LogP contribution in [-0.2, 0) is 6.54 Å². The summed E-state index contributed by atoms with van der Waals surface area (Å²) in [6.07, 6.45) is 3.32. The van der Waals surface area contributed by atoms with Crippen LogP contribution in [0.4, 0.5) is 5.69 Å². The van der Waals surface area contributed by atoms with Crippen molar-refractivity contribution in [3.63, 3.8) is 0 Å². The zero-order chi connectivity index (χ0) is 12.3. The number of benzene rings is 1. The minimum Gasteiger partial charge on any atom is -0.379 e. The van der Waals surface area contributed by atoms with Gasteiger partial charge in [0, 0.05) is 16.4 Å². The maximum Gasteiger partial charge on any atom is 0.115 e. The van der Waals surface area contributed by atoms with E-state index in [1.807, 2.05) is 6.07 Å². The lowest BCUT2D eigenvalue weighted by Gasteiger charge is -2.10. The number of hydrogen-bond acceptors (Lipinski definition) is 3. The highest BCUT2D eigenvalue weighted by atomic mass is 79.9. The maximum atomic E-state index is 4.17. The Morgan fingerprint density at radius 1 is 1.24 bits per heavy atom. The Morgan fingerprint density at radius 2 is 1.94 bits per heavy atom. The second-order valence-corrected chi connectivity index (χ2v) is 4.77. The van der Waals surface area contributed by atoms with Crippen LogP contribution >= 0.6 is 15.9 Å². The van der Waals surface area contributed by atoms with E-state index in [9.17, 15) is 0 Å². The molecule has 0 spiro atoms. The molecule has 0 aliphatic rings. The number of aryl methyl sites for hydroxylation is 2. The van der Waals surface area contributed by atoms with E-state index in [4.69, 9.17) is 0 Å². The SMILES string of the molecule is Cc1cc(NCc2ccncn2)cc(C)c1Br. The molecule has 0 atom stereocenters. The van der Waals surface area contributed by atoms with Crippen molar-refractivity contribution in [2.75, 3.05) is 5.32 Å². The molecule has 4 heteroatoms. The van der Waals surface area contributed by atoms with Crippen molar-refractivity contribution >= 4 is 21.6 Å². The molecular weight excluding hydrogens is 278 g/mol. The third kappa shape index (κ3) is 3.03. The van der Waals surface area contributed by atoms with Gasteiger partial charge in [-0.2, -0.15) is 0 Å². The molecule has 0 saturated carbocycles. The predicted molar refractivity (Wildman–Crippen MR) is 73.0 cm³/mol. The van der Waals surface area contributed by atoms with Crippen molar-refractivity contribution in [1.82, 2.24) is 9.97 Å². The molecule has 0 amide bonds. The van der Waals surface area contributed by atoms with Gasteiger partial charge in [-0.25, -0.2) is 9.97 Å². The topological polar surface area (TPSA) is 37.8 Å². The number of halogens is 1. The predicted octanol–water partition coefficient (Wildman–Crippen LogP) is 3.47. The average Bonchev–Trinajstić information content (AvgIpc) is 2.34. The molecule has 0 aliphatic carbocycles. The molecule has 2 rings (SSSR count). The standard InChI is InChI=1S/C13H14BrN3/c1-9-5-12(6-10(2)13(9)14)16-7-11-3-4-15-8-17-11/h3-6,8,16H,7H2,1-2H3. The van der Waals surface area contributed by atoms with Crippen LogP contribution in [0, 0.1) is 13.8 Å². The van der Waals surface area contributed by atoms with E-state index in [1.165, 1.54) is 15.6 Å². The Balaban J connectivity index is 2.10. The lowest BCUT2D eigenvalue weighted by Crippen LogP contribution is -2.02. The van der Waals surface area contributed by atoms with Gasteiger partial charge in [0.1, 0.15) is 6.33 Å². The smallest absolute Gasteiger partial charge is 0.115 e. The van der Waals surface area contributed by atoms with Gasteiger partial charge < -0.3 is 5.32 Å². The summed E-state index contributed by atoms with van der Waals surface area (Å²) in [7, 11) is 0. The first-order chi connectivity index (χ1) is 8.16. The molecule has 1 aromatic heterocycles. The Morgan fingerprint density at radius 3 is 2.53 bits per heavy atom. The van der Waals surface area contributed by atoms with Gasteiger partial charge in [-0.15, -0.1) is 0 Å². The fourth-order valence-corrected chi connectivity index (χ4v) is 1.89. The van der Waals surface area contributed by atoms with Gasteiger partial charge in [-0.05, 0) is 43.2 Å². The first kappa shape index (κ1) is 12.0. The first-order valence-electron chi connectivity index (χ1n) is 5.42. The molecule has 0 fully saturated rings. The molecule has 3 nitrogen and oxygen atoms in total. The number of nitrogens with zero attached hydrogens (tertiary/aromatic N) is 2. The molecule has 1 N–H and O–H groups in total. The lowest BCUT2D eigenvalue weighted by molar-refractivity contribution is 1.01. The third-order valence-electron chi connectivity index (χ3n) is 2.55. The molecule has 0 saturated heterocycles. The Bertz CT molecular complexity index is 488. The van der Waals surface area contributed by atoms with Crippen LogP contribution in [0.2, 0.25) is 0 Å². The fraction of sp³-hybridized carbons (Fsp3) is 0.231. The van der Waals surface area contributed by atoms with Crippen LogP contribution in [-0.4, -0.2) is 9.97 Å². The summed E-state index contributed by atoms with van der Waals surface area (Å²) in [5.74, 6) is 0. The molecule has 0 radical (unpaired) electrons. The van der Waals surface area contributed by atoms with E-state index in [0.717, 1.165) is 11.4 Å². The van der Waals surface area contributed by atoms with Gasteiger partial charge in [-0.3, -0.25) is 0 Å². The van der Waals surface area contributed by atoms with Gasteiger partial charge in [0.15, 0.2) is 0 Å². The van der Waals surface area contributed by atoms with Gasteiger partial charge in [-0.1, -0.05) is 15.9 Å². The first-order valence-corrected chi connectivity index (χ1v) is 6.21. The Kier molecular flexibility index (Phi) is 3.74. The van der Waals surface area contributed by atoms with Crippen molar-refractivity contribution in [3.8, 4) is 0 Å². The lowest BCUT2D eigenvalue weighted by atomic mass is 10.1. The van der Waals surface area contributed by atoms with E-state index in [2.05, 4.69) is 57.2 Å². The van der Waals surface area contributed by atoms with Gasteiger partial charge in [0.25, 0.3) is 0 Å². The monoisotopic (exact) mass is 291 g/mol. The van der Waals surface area contributed by atoms with Crippen molar-refractivity contribution < 1.29 is 0 Å². The van der Waals surface area contributed by atoms with E-state index < -0.39 is 0 Å². The van der Waals surface area contributed by atoms with Gasteiger partial charge in [0.2, 0.25) is 0 Å². The Labute approximate surface area is 109 Å². The van der Waals surface area contributed by atoms with Crippen LogP contribution in [0.3, 0.4) is 0 Å². The van der Waals surface area contributed by atoms with Crippen molar-refractivity contribution in [2.45, 2.75) is 20.4 Å². The summed E-state index contributed by atoms with van der Waals surface area (Å²) in [5.41, 5.74) is 4.56. The fourth-order valence-electron chi connectivity index (χ4n) is 1.66. The quantitative estimate of drug-likeness (QED) is 0.941. The summed E-state index contributed by atoms with van der Waals surface area (Å²) in [5, 5.41) is 3.36.